The molecule has 0 heterocycles. The van der Waals surface area contributed by atoms with E-state index in [-0.39, 0.29) is 19.6 Å². The molecule has 0 rings (SSSR count). The van der Waals surface area contributed by atoms with Crippen LogP contribution in [-0.2, 0) is 18.4 Å². The first-order valence-electron chi connectivity index (χ1n) is 22.2. The Morgan fingerprint density at radius 3 is 1.54 bits per heavy atom. The number of hydrogen-bond acceptors (Lipinski definition) is 7. The molecule has 0 aliphatic carbocycles. The number of phosphoric ester groups is 1. The van der Waals surface area contributed by atoms with Crippen LogP contribution >= 0.6 is 7.82 Å². The maximum absolute atomic E-state index is 12.8. The van der Waals surface area contributed by atoms with Gasteiger partial charge in [-0.3, -0.25) is 13.8 Å². The third-order valence-corrected chi connectivity index (χ3v) is 10.7. The molecule has 0 spiro atoms. The maximum atomic E-state index is 12.8. The van der Waals surface area contributed by atoms with Gasteiger partial charge in [0.1, 0.15) is 0 Å². The van der Waals surface area contributed by atoms with Crippen molar-refractivity contribution in [1.82, 2.24) is 5.32 Å². The van der Waals surface area contributed by atoms with Gasteiger partial charge >= 0.3 is 7.82 Å². The zero-order valence-corrected chi connectivity index (χ0v) is 35.7. The van der Waals surface area contributed by atoms with Crippen molar-refractivity contribution >= 4 is 13.7 Å². The first-order valence-corrected chi connectivity index (χ1v) is 23.7. The van der Waals surface area contributed by atoms with Gasteiger partial charge in [-0.05, 0) is 44.9 Å². The van der Waals surface area contributed by atoms with Gasteiger partial charge in [-0.25, -0.2) is 4.57 Å². The van der Waals surface area contributed by atoms with Crippen LogP contribution in [0.4, 0.5) is 0 Å². The van der Waals surface area contributed by atoms with Gasteiger partial charge in [0.15, 0.2) is 0 Å². The molecule has 4 atom stereocenters. The number of carbonyl (C=O) groups excluding carboxylic acids is 1. The molecule has 0 aromatic carbocycles. The largest absolute Gasteiger partial charge is 0.472 e. The molecule has 318 valence electrons. The molecule has 0 radical (unpaired) electrons. The van der Waals surface area contributed by atoms with Gasteiger partial charge in [0.05, 0.1) is 37.9 Å². The summed E-state index contributed by atoms with van der Waals surface area (Å²) in [4.78, 5) is 22.7. The Balaban J connectivity index is 4.28. The summed E-state index contributed by atoms with van der Waals surface area (Å²) in [5.41, 5.74) is 5.35. The smallest absolute Gasteiger partial charge is 0.393 e. The number of nitrogens with one attached hydrogen (secondary N) is 1. The molecule has 4 unspecified atom stereocenters. The van der Waals surface area contributed by atoms with Crippen LogP contribution in [0.1, 0.15) is 200 Å². The van der Waals surface area contributed by atoms with Crippen molar-refractivity contribution in [2.24, 2.45) is 5.73 Å². The lowest BCUT2D eigenvalue weighted by atomic mass is 10.0. The lowest BCUT2D eigenvalue weighted by Crippen LogP contribution is -2.46. The van der Waals surface area contributed by atoms with Crippen LogP contribution < -0.4 is 11.1 Å². The summed E-state index contributed by atoms with van der Waals surface area (Å²) in [5.74, 6) is -0.459. The van der Waals surface area contributed by atoms with Crippen molar-refractivity contribution in [3.63, 3.8) is 0 Å². The van der Waals surface area contributed by atoms with Gasteiger partial charge in [0.25, 0.3) is 0 Å². The van der Waals surface area contributed by atoms with E-state index >= 15 is 0 Å². The van der Waals surface area contributed by atoms with Crippen LogP contribution in [0.2, 0.25) is 0 Å². The van der Waals surface area contributed by atoms with E-state index in [9.17, 15) is 24.5 Å². The van der Waals surface area contributed by atoms with E-state index in [0.717, 1.165) is 44.9 Å². The first kappa shape index (κ1) is 52.7. The number of hydrogen-bond donors (Lipinski definition) is 5. The Bertz CT molecular complexity index is 961. The van der Waals surface area contributed by atoms with Crippen molar-refractivity contribution in [3.8, 4) is 0 Å². The number of aliphatic hydroxyl groups excluding tert-OH is 2. The molecule has 0 saturated carbocycles. The molecule has 1 amide bonds. The summed E-state index contributed by atoms with van der Waals surface area (Å²) in [6, 6.07) is -1.00. The lowest BCUT2D eigenvalue weighted by Gasteiger charge is -2.24. The number of amides is 1. The van der Waals surface area contributed by atoms with E-state index in [1.54, 1.807) is 6.08 Å². The standard InChI is InChI=1S/C44H85N2O7P/c1-3-5-7-9-11-13-15-17-18-19-20-21-22-24-25-27-29-31-33-35-41(47)39-44(49)46-42(40-53-54(50,51)52-38-37-45)43(48)36-34-32-30-28-26-23-16-14-12-10-8-6-4-2/h12,14,26,28,34,36,41-43,47-48H,3-11,13,15-25,27,29-33,35,37-40,45H2,1-2H3,(H,46,49)(H,50,51)/b14-12+,28-26+,36-34+. The molecule has 10 heteroatoms. The SMILES string of the molecule is CCCCC/C=C/CC/C=C/CC/C=C/C(O)C(COP(=O)(O)OCCN)NC(=O)CC(O)CCCCCCCCCCCCCCCCCCCCC. The Kier molecular flexibility index (Phi) is 38.9. The molecule has 0 aliphatic rings. The van der Waals surface area contributed by atoms with Gasteiger partial charge in [0, 0.05) is 6.54 Å². The van der Waals surface area contributed by atoms with Crippen LogP contribution in [-0.4, -0.2) is 59.0 Å². The van der Waals surface area contributed by atoms with E-state index in [2.05, 4.69) is 43.5 Å². The molecule has 0 aliphatic heterocycles. The number of unbranched alkanes of at least 4 members (excludes halogenated alkanes) is 23. The summed E-state index contributed by atoms with van der Waals surface area (Å²) < 4.78 is 22.0. The van der Waals surface area contributed by atoms with Gasteiger partial charge in [-0.15, -0.1) is 0 Å². The van der Waals surface area contributed by atoms with Crippen LogP contribution in [0.3, 0.4) is 0 Å². The van der Waals surface area contributed by atoms with Crippen molar-refractivity contribution in [2.45, 2.75) is 218 Å². The second-order valence-electron chi connectivity index (χ2n) is 15.1. The molecular formula is C44H85N2O7P. The van der Waals surface area contributed by atoms with Crippen LogP contribution in [0, 0.1) is 0 Å². The Labute approximate surface area is 332 Å². The van der Waals surface area contributed by atoms with Crippen molar-refractivity contribution in [1.29, 1.82) is 0 Å². The Morgan fingerprint density at radius 2 is 1.06 bits per heavy atom. The number of nitrogens with two attached hydrogens (primary N) is 1. The molecule has 0 bridgehead atoms. The Hall–Kier alpha value is -1.32. The number of carbonyl (C=O) groups is 1. The minimum atomic E-state index is -4.41. The zero-order valence-electron chi connectivity index (χ0n) is 34.8. The van der Waals surface area contributed by atoms with E-state index in [4.69, 9.17) is 14.8 Å². The highest BCUT2D eigenvalue weighted by atomic mass is 31.2. The minimum Gasteiger partial charge on any atom is -0.393 e. The summed E-state index contributed by atoms with van der Waals surface area (Å²) in [6.07, 6.45) is 43.8. The summed E-state index contributed by atoms with van der Waals surface area (Å²) in [6.45, 7) is 3.91. The Morgan fingerprint density at radius 1 is 0.630 bits per heavy atom. The second kappa shape index (κ2) is 39.9. The quantitative estimate of drug-likeness (QED) is 0.0233. The van der Waals surface area contributed by atoms with E-state index < -0.39 is 38.6 Å². The topological polar surface area (TPSA) is 151 Å². The van der Waals surface area contributed by atoms with E-state index in [1.807, 2.05) is 6.08 Å². The molecule has 9 nitrogen and oxygen atoms in total. The molecule has 6 N–H and O–H groups in total. The van der Waals surface area contributed by atoms with Gasteiger partial charge in [-0.1, -0.05) is 185 Å². The van der Waals surface area contributed by atoms with E-state index in [1.165, 1.54) is 122 Å². The third kappa shape index (κ3) is 37.6. The zero-order chi connectivity index (χ0) is 39.8. The summed E-state index contributed by atoms with van der Waals surface area (Å²) >= 11 is 0. The van der Waals surface area contributed by atoms with Crippen LogP contribution in [0.5, 0.6) is 0 Å². The first-order chi connectivity index (χ1) is 26.3. The molecule has 0 aromatic heterocycles. The van der Waals surface area contributed by atoms with Crippen molar-refractivity contribution < 1.29 is 33.5 Å². The summed E-state index contributed by atoms with van der Waals surface area (Å²) in [7, 11) is -4.41. The highest BCUT2D eigenvalue weighted by Gasteiger charge is 2.27. The second-order valence-corrected chi connectivity index (χ2v) is 16.5. The highest BCUT2D eigenvalue weighted by molar-refractivity contribution is 7.47. The average molecular weight is 785 g/mol. The number of rotatable bonds is 41. The fourth-order valence-corrected chi connectivity index (χ4v) is 7.14. The number of allylic oxidation sites excluding steroid dienone is 5. The summed E-state index contributed by atoms with van der Waals surface area (Å²) in [5, 5.41) is 24.0. The maximum Gasteiger partial charge on any atom is 0.472 e. The van der Waals surface area contributed by atoms with Crippen LogP contribution in [0.25, 0.3) is 0 Å². The number of aliphatic hydroxyl groups is 2. The normalized spacial score (nSPS) is 15.0. The average Bonchev–Trinajstić information content (AvgIpc) is 3.15. The molecule has 0 aromatic rings. The van der Waals surface area contributed by atoms with Gasteiger partial charge in [-0.2, -0.15) is 0 Å². The predicted molar refractivity (Wildman–Crippen MR) is 227 cm³/mol. The monoisotopic (exact) mass is 785 g/mol. The van der Waals surface area contributed by atoms with Crippen LogP contribution in [0.15, 0.2) is 36.5 Å². The fourth-order valence-electron chi connectivity index (χ4n) is 6.38. The molecule has 0 fully saturated rings. The minimum absolute atomic E-state index is 0.0427. The van der Waals surface area contributed by atoms with Crippen molar-refractivity contribution in [3.05, 3.63) is 36.5 Å². The van der Waals surface area contributed by atoms with Crippen molar-refractivity contribution in [2.75, 3.05) is 19.8 Å². The van der Waals surface area contributed by atoms with Gasteiger partial charge < -0.3 is 26.2 Å². The molecular weight excluding hydrogens is 699 g/mol. The fraction of sp³-hybridized carbons (Fsp3) is 0.841. The third-order valence-electron chi connectivity index (χ3n) is 9.75. The van der Waals surface area contributed by atoms with E-state index in [0.29, 0.717) is 12.8 Å². The van der Waals surface area contributed by atoms with Gasteiger partial charge in [0.2, 0.25) is 5.91 Å². The predicted octanol–water partition coefficient (Wildman–Crippen LogP) is 11.3. The number of phosphoric acid groups is 1. The molecule has 0 saturated heterocycles. The highest BCUT2D eigenvalue weighted by Crippen LogP contribution is 2.43. The molecule has 54 heavy (non-hydrogen) atoms. The lowest BCUT2D eigenvalue weighted by molar-refractivity contribution is -0.124.